The van der Waals surface area contributed by atoms with E-state index in [2.05, 4.69) is 15.9 Å². The number of aliphatic hydroxyl groups is 1. The summed E-state index contributed by atoms with van der Waals surface area (Å²) in [5.41, 5.74) is 1.37. The SMILES string of the molecule is OC(c1cccc(Br)c1)c1cc2c(cc1Cl)OCCO2. The summed E-state index contributed by atoms with van der Waals surface area (Å²) in [7, 11) is 0. The minimum Gasteiger partial charge on any atom is -0.486 e. The molecule has 0 saturated heterocycles. The van der Waals surface area contributed by atoms with Crippen molar-refractivity contribution in [3.63, 3.8) is 0 Å². The maximum absolute atomic E-state index is 10.5. The quantitative estimate of drug-likeness (QED) is 0.886. The first-order valence-corrected chi connectivity index (χ1v) is 7.35. The Bertz CT molecular complexity index is 645. The number of aliphatic hydroxyl groups excluding tert-OH is 1. The molecule has 1 N–H and O–H groups in total. The van der Waals surface area contributed by atoms with Crippen LogP contribution >= 0.6 is 27.5 Å². The van der Waals surface area contributed by atoms with Crippen LogP contribution in [0.5, 0.6) is 11.5 Å². The van der Waals surface area contributed by atoms with Gasteiger partial charge in [-0.3, -0.25) is 0 Å². The normalized spacial score (nSPS) is 14.9. The Morgan fingerprint density at radius 1 is 1.10 bits per heavy atom. The van der Waals surface area contributed by atoms with Gasteiger partial charge < -0.3 is 14.6 Å². The van der Waals surface area contributed by atoms with Gasteiger partial charge >= 0.3 is 0 Å². The van der Waals surface area contributed by atoms with Crippen LogP contribution < -0.4 is 9.47 Å². The average Bonchev–Trinajstić information content (AvgIpc) is 2.46. The van der Waals surface area contributed by atoms with Crippen molar-refractivity contribution in [3.8, 4) is 11.5 Å². The second-order valence-corrected chi connectivity index (χ2v) is 5.80. The molecule has 20 heavy (non-hydrogen) atoms. The lowest BCUT2D eigenvalue weighted by Gasteiger charge is -2.21. The van der Waals surface area contributed by atoms with Gasteiger partial charge in [-0.05, 0) is 23.8 Å². The van der Waals surface area contributed by atoms with Crippen molar-refractivity contribution in [1.29, 1.82) is 0 Å². The van der Waals surface area contributed by atoms with Crippen molar-refractivity contribution in [2.75, 3.05) is 13.2 Å². The molecule has 0 fully saturated rings. The maximum atomic E-state index is 10.5. The van der Waals surface area contributed by atoms with Crippen LogP contribution in [0.15, 0.2) is 40.9 Å². The van der Waals surface area contributed by atoms with Gasteiger partial charge in [0, 0.05) is 16.1 Å². The van der Waals surface area contributed by atoms with E-state index in [0.717, 1.165) is 10.0 Å². The lowest BCUT2D eigenvalue weighted by atomic mass is 10.0. The fraction of sp³-hybridized carbons (Fsp3) is 0.200. The zero-order valence-corrected chi connectivity index (χ0v) is 12.8. The van der Waals surface area contributed by atoms with Crippen LogP contribution in [0.3, 0.4) is 0 Å². The third kappa shape index (κ3) is 2.64. The van der Waals surface area contributed by atoms with Gasteiger partial charge in [0.1, 0.15) is 19.3 Å². The molecule has 0 amide bonds. The summed E-state index contributed by atoms with van der Waals surface area (Å²) in [4.78, 5) is 0. The highest BCUT2D eigenvalue weighted by Crippen LogP contribution is 2.39. The standard InChI is InChI=1S/C15H12BrClO3/c16-10-3-1-2-9(6-10)15(18)11-7-13-14(8-12(11)17)20-5-4-19-13/h1-3,6-8,15,18H,4-5H2. The van der Waals surface area contributed by atoms with Crippen LogP contribution in [0.1, 0.15) is 17.2 Å². The third-order valence-electron chi connectivity index (χ3n) is 3.12. The molecule has 2 aromatic rings. The van der Waals surface area contributed by atoms with Crippen molar-refractivity contribution < 1.29 is 14.6 Å². The molecule has 0 aliphatic carbocycles. The smallest absolute Gasteiger partial charge is 0.162 e. The molecule has 1 atom stereocenters. The van der Waals surface area contributed by atoms with Crippen LogP contribution in [-0.4, -0.2) is 18.3 Å². The molecule has 0 aromatic heterocycles. The molecule has 0 spiro atoms. The molecular weight excluding hydrogens is 344 g/mol. The predicted octanol–water partition coefficient (Wildman–Crippen LogP) is 3.96. The highest BCUT2D eigenvalue weighted by molar-refractivity contribution is 9.10. The Kier molecular flexibility index (Phi) is 3.87. The largest absolute Gasteiger partial charge is 0.486 e. The highest BCUT2D eigenvalue weighted by atomic mass is 79.9. The van der Waals surface area contributed by atoms with Crippen molar-refractivity contribution in [2.45, 2.75) is 6.10 Å². The van der Waals surface area contributed by atoms with Crippen LogP contribution in [-0.2, 0) is 0 Å². The Hall–Kier alpha value is -1.23. The summed E-state index contributed by atoms with van der Waals surface area (Å²) in [5, 5.41) is 11.0. The molecule has 5 heteroatoms. The molecule has 1 unspecified atom stereocenters. The Morgan fingerprint density at radius 3 is 2.50 bits per heavy atom. The first-order chi connectivity index (χ1) is 9.65. The van der Waals surface area contributed by atoms with Gasteiger partial charge in [-0.25, -0.2) is 0 Å². The Morgan fingerprint density at radius 2 is 1.80 bits per heavy atom. The van der Waals surface area contributed by atoms with Crippen molar-refractivity contribution in [3.05, 3.63) is 57.0 Å². The van der Waals surface area contributed by atoms with Crippen LogP contribution in [0.2, 0.25) is 5.02 Å². The minimum atomic E-state index is -0.809. The van der Waals surface area contributed by atoms with Gasteiger partial charge in [0.25, 0.3) is 0 Å². The van der Waals surface area contributed by atoms with E-state index in [1.165, 1.54) is 0 Å². The fourth-order valence-corrected chi connectivity index (χ4v) is 2.82. The Balaban J connectivity index is 2.01. The highest BCUT2D eigenvalue weighted by Gasteiger charge is 2.20. The van der Waals surface area contributed by atoms with Crippen molar-refractivity contribution in [1.82, 2.24) is 0 Å². The molecule has 3 rings (SSSR count). The first-order valence-electron chi connectivity index (χ1n) is 6.18. The topological polar surface area (TPSA) is 38.7 Å². The molecule has 3 nitrogen and oxygen atoms in total. The maximum Gasteiger partial charge on any atom is 0.162 e. The van der Waals surface area contributed by atoms with E-state index < -0.39 is 6.10 Å². The van der Waals surface area contributed by atoms with Gasteiger partial charge in [0.15, 0.2) is 11.5 Å². The minimum absolute atomic E-state index is 0.460. The number of rotatable bonds is 2. The third-order valence-corrected chi connectivity index (χ3v) is 3.94. The van der Waals surface area contributed by atoms with E-state index >= 15 is 0 Å². The second-order valence-electron chi connectivity index (χ2n) is 4.47. The lowest BCUT2D eigenvalue weighted by Crippen LogP contribution is -2.16. The monoisotopic (exact) mass is 354 g/mol. The number of fused-ring (bicyclic) bond motifs is 1. The molecule has 2 aromatic carbocycles. The van der Waals surface area contributed by atoms with E-state index in [1.54, 1.807) is 12.1 Å². The summed E-state index contributed by atoms with van der Waals surface area (Å²) >= 11 is 9.63. The van der Waals surface area contributed by atoms with E-state index in [0.29, 0.717) is 35.3 Å². The van der Waals surface area contributed by atoms with Gasteiger partial charge in [-0.15, -0.1) is 0 Å². The van der Waals surface area contributed by atoms with Gasteiger partial charge in [0.05, 0.1) is 5.02 Å². The van der Waals surface area contributed by atoms with Crippen LogP contribution in [0, 0.1) is 0 Å². The number of halogens is 2. The van der Waals surface area contributed by atoms with E-state index in [4.69, 9.17) is 21.1 Å². The molecular formula is C15H12BrClO3. The molecule has 0 radical (unpaired) electrons. The van der Waals surface area contributed by atoms with E-state index in [-0.39, 0.29) is 0 Å². The summed E-state index contributed by atoms with van der Waals surface area (Å²) in [5.74, 6) is 1.23. The second kappa shape index (κ2) is 5.64. The van der Waals surface area contributed by atoms with Crippen LogP contribution in [0.25, 0.3) is 0 Å². The lowest BCUT2D eigenvalue weighted by molar-refractivity contribution is 0.169. The molecule has 1 aliphatic rings. The average molecular weight is 356 g/mol. The first kappa shape index (κ1) is 13.7. The van der Waals surface area contributed by atoms with Crippen molar-refractivity contribution >= 4 is 27.5 Å². The van der Waals surface area contributed by atoms with Crippen molar-refractivity contribution in [2.24, 2.45) is 0 Å². The molecule has 104 valence electrons. The summed E-state index contributed by atoms with van der Waals surface area (Å²) < 4.78 is 11.9. The van der Waals surface area contributed by atoms with E-state index in [1.807, 2.05) is 24.3 Å². The fourth-order valence-electron chi connectivity index (χ4n) is 2.15. The van der Waals surface area contributed by atoms with Crippen LogP contribution in [0.4, 0.5) is 0 Å². The molecule has 0 bridgehead atoms. The number of hydrogen-bond acceptors (Lipinski definition) is 3. The van der Waals surface area contributed by atoms with E-state index in [9.17, 15) is 5.11 Å². The summed E-state index contributed by atoms with van der Waals surface area (Å²) in [6.07, 6.45) is -0.809. The zero-order valence-electron chi connectivity index (χ0n) is 10.5. The van der Waals surface area contributed by atoms with Gasteiger partial charge in [0.2, 0.25) is 0 Å². The zero-order chi connectivity index (χ0) is 14.1. The number of hydrogen-bond donors (Lipinski definition) is 1. The molecule has 1 aliphatic heterocycles. The molecule has 0 saturated carbocycles. The summed E-state index contributed by atoms with van der Waals surface area (Å²) in [6, 6.07) is 10.9. The predicted molar refractivity (Wildman–Crippen MR) is 80.6 cm³/mol. The number of ether oxygens (including phenoxy) is 2. The number of benzene rings is 2. The molecule has 1 heterocycles. The van der Waals surface area contributed by atoms with Gasteiger partial charge in [-0.2, -0.15) is 0 Å². The van der Waals surface area contributed by atoms with Gasteiger partial charge in [-0.1, -0.05) is 39.7 Å². The Labute approximate surface area is 130 Å². The summed E-state index contributed by atoms with van der Waals surface area (Å²) in [6.45, 7) is 1.01.